The minimum absolute atomic E-state index is 0.0654. The van der Waals surface area contributed by atoms with Crippen LogP contribution in [0.2, 0.25) is 0 Å². The number of nitriles is 1. The first-order chi connectivity index (χ1) is 16.5. The third kappa shape index (κ3) is 4.20. The highest BCUT2D eigenvalue weighted by Crippen LogP contribution is 2.31. The van der Waals surface area contributed by atoms with Crippen molar-refractivity contribution in [3.8, 4) is 28.3 Å². The van der Waals surface area contributed by atoms with Gasteiger partial charge < -0.3 is 0 Å². The molecule has 3 heterocycles. The maximum atomic E-state index is 12.8. The average molecular weight is 464 g/mol. The van der Waals surface area contributed by atoms with Gasteiger partial charge in [0.05, 0.1) is 33.9 Å². The molecule has 0 saturated carbocycles. The molecule has 0 aliphatic carbocycles. The third-order valence-corrected chi connectivity index (χ3v) is 6.75. The smallest absolute Gasteiger partial charge is 0.261 e. The van der Waals surface area contributed by atoms with E-state index in [9.17, 15) is 8.42 Å². The number of aromatic nitrogens is 3. The van der Waals surface area contributed by atoms with Crippen LogP contribution in [0.25, 0.3) is 33.2 Å². The van der Waals surface area contributed by atoms with E-state index >= 15 is 0 Å². The summed E-state index contributed by atoms with van der Waals surface area (Å²) in [5, 5.41) is 9.89. The second-order valence-corrected chi connectivity index (χ2v) is 9.21. The van der Waals surface area contributed by atoms with Crippen molar-refractivity contribution in [2.75, 3.05) is 4.72 Å². The van der Waals surface area contributed by atoms with Gasteiger partial charge in [-0.15, -0.1) is 0 Å². The maximum Gasteiger partial charge on any atom is 0.261 e. The Kier molecular flexibility index (Phi) is 5.46. The SMILES string of the molecule is N#Cc1ccc(S(=O)(=O)Nc2cncc(-c3ccc4nccc(-c5ccncc5)c4c3)c2)cc1. The minimum atomic E-state index is -3.83. The number of pyridine rings is 3. The molecule has 5 aromatic rings. The molecule has 0 fully saturated rings. The monoisotopic (exact) mass is 463 g/mol. The Morgan fingerprint density at radius 1 is 0.765 bits per heavy atom. The Morgan fingerprint density at radius 3 is 2.32 bits per heavy atom. The standard InChI is InChI=1S/C26H17N5O2S/c27-15-18-1-4-23(5-2-18)34(32,33)31-22-13-21(16-29-17-22)20-3-6-26-25(14-20)24(9-12-30-26)19-7-10-28-11-8-19/h1-14,16-17,31H. The molecule has 2 aromatic carbocycles. The van der Waals surface area contributed by atoms with Gasteiger partial charge in [0, 0.05) is 35.7 Å². The number of hydrogen-bond donors (Lipinski definition) is 1. The van der Waals surface area contributed by atoms with Crippen LogP contribution < -0.4 is 4.72 Å². The van der Waals surface area contributed by atoms with E-state index in [1.165, 1.54) is 30.5 Å². The fourth-order valence-corrected chi connectivity index (χ4v) is 4.72. The van der Waals surface area contributed by atoms with Crippen LogP contribution in [0, 0.1) is 11.3 Å². The van der Waals surface area contributed by atoms with Crippen molar-refractivity contribution in [2.45, 2.75) is 4.90 Å². The molecule has 0 saturated heterocycles. The van der Waals surface area contributed by atoms with E-state index in [0.29, 0.717) is 11.3 Å². The van der Waals surface area contributed by atoms with E-state index in [1.54, 1.807) is 30.9 Å². The lowest BCUT2D eigenvalue weighted by Gasteiger charge is -2.11. The molecule has 0 aliphatic rings. The largest absolute Gasteiger partial charge is 0.278 e. The Morgan fingerprint density at radius 2 is 1.56 bits per heavy atom. The Balaban J connectivity index is 1.51. The lowest BCUT2D eigenvalue weighted by atomic mass is 9.98. The van der Waals surface area contributed by atoms with Crippen molar-refractivity contribution < 1.29 is 8.42 Å². The second kappa shape index (κ2) is 8.73. The lowest BCUT2D eigenvalue weighted by molar-refractivity contribution is 0.601. The molecule has 8 heteroatoms. The molecule has 5 rings (SSSR count). The first kappa shape index (κ1) is 21.2. The van der Waals surface area contributed by atoms with Crippen molar-refractivity contribution in [3.63, 3.8) is 0 Å². The molecule has 164 valence electrons. The van der Waals surface area contributed by atoms with Crippen LogP contribution in [-0.4, -0.2) is 23.4 Å². The highest BCUT2D eigenvalue weighted by atomic mass is 32.2. The molecule has 0 spiro atoms. The summed E-state index contributed by atoms with van der Waals surface area (Å²) < 4.78 is 28.1. The Bertz CT molecular complexity index is 1650. The molecule has 0 amide bonds. The molecule has 0 unspecified atom stereocenters. The van der Waals surface area contributed by atoms with Crippen LogP contribution in [0.1, 0.15) is 5.56 Å². The predicted octanol–water partition coefficient (Wildman–Crippen LogP) is 5.03. The van der Waals surface area contributed by atoms with Gasteiger partial charge in [-0.25, -0.2) is 8.42 Å². The van der Waals surface area contributed by atoms with E-state index in [1.807, 2.05) is 42.5 Å². The van der Waals surface area contributed by atoms with Crippen molar-refractivity contribution in [3.05, 3.63) is 103 Å². The first-order valence-corrected chi connectivity index (χ1v) is 11.8. The quantitative estimate of drug-likeness (QED) is 0.391. The summed E-state index contributed by atoms with van der Waals surface area (Å²) in [6.45, 7) is 0. The van der Waals surface area contributed by atoms with Crippen LogP contribution >= 0.6 is 0 Å². The van der Waals surface area contributed by atoms with Gasteiger partial charge in [-0.2, -0.15) is 5.26 Å². The van der Waals surface area contributed by atoms with Gasteiger partial charge in [-0.1, -0.05) is 6.07 Å². The molecular formula is C26H17N5O2S. The Hall–Kier alpha value is -4.61. The Labute approximate surface area is 196 Å². The van der Waals surface area contributed by atoms with Gasteiger partial charge >= 0.3 is 0 Å². The summed E-state index contributed by atoms with van der Waals surface area (Å²) in [6.07, 6.45) is 8.41. The summed E-state index contributed by atoms with van der Waals surface area (Å²) in [4.78, 5) is 12.9. The number of nitrogens with one attached hydrogen (secondary N) is 1. The fraction of sp³-hybridized carbons (Fsp3) is 0. The number of rotatable bonds is 5. The summed E-state index contributed by atoms with van der Waals surface area (Å²) >= 11 is 0. The van der Waals surface area contributed by atoms with Gasteiger partial charge in [0.25, 0.3) is 10.0 Å². The van der Waals surface area contributed by atoms with Crippen LogP contribution in [0.4, 0.5) is 5.69 Å². The van der Waals surface area contributed by atoms with Crippen molar-refractivity contribution in [1.29, 1.82) is 5.26 Å². The molecular weight excluding hydrogens is 446 g/mol. The van der Waals surface area contributed by atoms with Gasteiger partial charge in [0.15, 0.2) is 0 Å². The van der Waals surface area contributed by atoms with Gasteiger partial charge in [0.1, 0.15) is 0 Å². The number of fused-ring (bicyclic) bond motifs is 1. The first-order valence-electron chi connectivity index (χ1n) is 10.3. The normalized spacial score (nSPS) is 11.1. The summed E-state index contributed by atoms with van der Waals surface area (Å²) in [5.41, 5.74) is 5.27. The predicted molar refractivity (Wildman–Crippen MR) is 130 cm³/mol. The molecule has 1 N–H and O–H groups in total. The van der Waals surface area contributed by atoms with Crippen molar-refractivity contribution >= 4 is 26.6 Å². The minimum Gasteiger partial charge on any atom is -0.278 e. The summed E-state index contributed by atoms with van der Waals surface area (Å²) in [7, 11) is -3.83. The van der Waals surface area contributed by atoms with Crippen molar-refractivity contribution in [2.24, 2.45) is 0 Å². The highest BCUT2D eigenvalue weighted by molar-refractivity contribution is 7.92. The number of anilines is 1. The molecule has 34 heavy (non-hydrogen) atoms. The molecule has 7 nitrogen and oxygen atoms in total. The summed E-state index contributed by atoms with van der Waals surface area (Å²) in [5.74, 6) is 0. The lowest BCUT2D eigenvalue weighted by Crippen LogP contribution is -2.13. The fourth-order valence-electron chi connectivity index (χ4n) is 3.69. The van der Waals surface area contributed by atoms with Gasteiger partial charge in [0.2, 0.25) is 0 Å². The van der Waals surface area contributed by atoms with E-state index in [4.69, 9.17) is 5.26 Å². The van der Waals surface area contributed by atoms with Crippen LogP contribution in [0.3, 0.4) is 0 Å². The highest BCUT2D eigenvalue weighted by Gasteiger charge is 2.15. The van der Waals surface area contributed by atoms with Gasteiger partial charge in [-0.05, 0) is 77.4 Å². The molecule has 0 atom stereocenters. The van der Waals surface area contributed by atoms with Crippen LogP contribution in [0.15, 0.2) is 103 Å². The molecule has 0 bridgehead atoms. The van der Waals surface area contributed by atoms with E-state index in [0.717, 1.165) is 33.2 Å². The van der Waals surface area contributed by atoms with E-state index in [-0.39, 0.29) is 4.90 Å². The number of benzene rings is 2. The molecule has 3 aromatic heterocycles. The summed E-state index contributed by atoms with van der Waals surface area (Å²) in [6, 6.07) is 21.2. The van der Waals surface area contributed by atoms with Crippen LogP contribution in [-0.2, 0) is 10.0 Å². The van der Waals surface area contributed by atoms with Gasteiger partial charge in [-0.3, -0.25) is 19.7 Å². The third-order valence-electron chi connectivity index (χ3n) is 5.35. The van der Waals surface area contributed by atoms with Crippen molar-refractivity contribution in [1.82, 2.24) is 15.0 Å². The number of sulfonamides is 1. The van der Waals surface area contributed by atoms with E-state index < -0.39 is 10.0 Å². The molecule has 0 aliphatic heterocycles. The topological polar surface area (TPSA) is 109 Å². The zero-order chi connectivity index (χ0) is 23.5. The zero-order valence-corrected chi connectivity index (χ0v) is 18.6. The van der Waals surface area contributed by atoms with E-state index in [2.05, 4.69) is 19.7 Å². The van der Waals surface area contributed by atoms with Crippen LogP contribution in [0.5, 0.6) is 0 Å². The molecule has 0 radical (unpaired) electrons. The average Bonchev–Trinajstić information content (AvgIpc) is 2.88. The number of nitrogens with zero attached hydrogens (tertiary/aromatic N) is 4. The maximum absolute atomic E-state index is 12.8. The number of hydrogen-bond acceptors (Lipinski definition) is 6. The second-order valence-electron chi connectivity index (χ2n) is 7.53. The zero-order valence-electron chi connectivity index (χ0n) is 17.8.